The molecule has 1 saturated heterocycles. The molecule has 0 radical (unpaired) electrons. The Hall–Kier alpha value is -2.10. The van der Waals surface area contributed by atoms with Gasteiger partial charge in [-0.15, -0.1) is 6.58 Å². The van der Waals surface area contributed by atoms with Crippen LogP contribution in [-0.2, 0) is 15.1 Å². The monoisotopic (exact) mass is 286 g/mol. The summed E-state index contributed by atoms with van der Waals surface area (Å²) in [4.78, 5) is 27.0. The molecule has 1 aliphatic rings. The normalized spacial score (nSPS) is 25.6. The summed E-state index contributed by atoms with van der Waals surface area (Å²) in [5.74, 6) is -0.144. The Kier molecular flexibility index (Phi) is 4.46. The average Bonchev–Trinajstić information content (AvgIpc) is 2.50. The lowest BCUT2D eigenvalue weighted by Crippen LogP contribution is -2.67. The number of nitrogens with zero attached hydrogens (tertiary/aromatic N) is 1. The minimum atomic E-state index is -0.995. The molecule has 1 heterocycles. The number of carbonyl (C=O) groups excluding carboxylic acids is 2. The van der Waals surface area contributed by atoms with Crippen LogP contribution in [0.3, 0.4) is 0 Å². The van der Waals surface area contributed by atoms with E-state index in [-0.39, 0.29) is 11.8 Å². The molecule has 1 fully saturated rings. The van der Waals surface area contributed by atoms with E-state index < -0.39 is 11.6 Å². The largest absolute Gasteiger partial charge is 0.336 e. The van der Waals surface area contributed by atoms with E-state index in [1.54, 1.807) is 17.9 Å². The Balaban J connectivity index is 2.39. The maximum Gasteiger partial charge on any atom is 0.253 e. The molecule has 2 atom stereocenters. The molecule has 4 nitrogen and oxygen atoms in total. The molecule has 2 rings (SSSR count). The first-order valence-corrected chi connectivity index (χ1v) is 7.34. The third-order valence-electron chi connectivity index (χ3n) is 4.05. The highest BCUT2D eigenvalue weighted by Gasteiger charge is 2.48. The fourth-order valence-corrected chi connectivity index (χ4v) is 2.81. The van der Waals surface area contributed by atoms with E-state index in [9.17, 15) is 9.59 Å². The number of rotatable bonds is 5. The second-order valence-electron chi connectivity index (χ2n) is 5.48. The predicted molar refractivity (Wildman–Crippen MR) is 82.5 cm³/mol. The second-order valence-corrected chi connectivity index (χ2v) is 5.48. The van der Waals surface area contributed by atoms with Gasteiger partial charge in [0.1, 0.15) is 11.6 Å². The molecule has 0 spiro atoms. The van der Waals surface area contributed by atoms with Crippen LogP contribution in [0.5, 0.6) is 0 Å². The Bertz CT molecular complexity index is 541. The highest BCUT2D eigenvalue weighted by Crippen LogP contribution is 2.29. The SMILES string of the molecule is C=CCCN1C(=O)C(C)(c2ccccc2)NC(=O)C1CC. The van der Waals surface area contributed by atoms with E-state index in [4.69, 9.17) is 0 Å². The summed E-state index contributed by atoms with van der Waals surface area (Å²) >= 11 is 0. The lowest BCUT2D eigenvalue weighted by Gasteiger charge is -2.44. The van der Waals surface area contributed by atoms with Gasteiger partial charge in [-0.05, 0) is 25.3 Å². The minimum absolute atomic E-state index is 0.0537. The minimum Gasteiger partial charge on any atom is -0.336 e. The zero-order chi connectivity index (χ0) is 15.5. The van der Waals surface area contributed by atoms with Crippen LogP contribution in [0, 0.1) is 0 Å². The summed E-state index contributed by atoms with van der Waals surface area (Å²) < 4.78 is 0. The van der Waals surface area contributed by atoms with E-state index in [0.717, 1.165) is 5.56 Å². The molecular weight excluding hydrogens is 264 g/mol. The molecule has 1 N–H and O–H groups in total. The zero-order valence-corrected chi connectivity index (χ0v) is 12.6. The third-order valence-corrected chi connectivity index (χ3v) is 4.05. The van der Waals surface area contributed by atoms with Crippen LogP contribution in [0.1, 0.15) is 32.3 Å². The third kappa shape index (κ3) is 2.71. The maximum absolute atomic E-state index is 12.9. The van der Waals surface area contributed by atoms with Crippen LogP contribution < -0.4 is 5.32 Å². The van der Waals surface area contributed by atoms with E-state index in [2.05, 4.69) is 11.9 Å². The first-order valence-electron chi connectivity index (χ1n) is 7.34. The lowest BCUT2D eigenvalue weighted by atomic mass is 9.86. The maximum atomic E-state index is 12.9. The molecule has 21 heavy (non-hydrogen) atoms. The summed E-state index contributed by atoms with van der Waals surface area (Å²) in [5.41, 5.74) is -0.188. The molecule has 2 amide bonds. The summed E-state index contributed by atoms with van der Waals surface area (Å²) in [7, 11) is 0. The zero-order valence-electron chi connectivity index (χ0n) is 12.6. The first-order chi connectivity index (χ1) is 10.0. The Morgan fingerprint density at radius 3 is 2.57 bits per heavy atom. The van der Waals surface area contributed by atoms with E-state index >= 15 is 0 Å². The first kappa shape index (κ1) is 15.3. The summed E-state index contributed by atoms with van der Waals surface area (Å²) in [6.07, 6.45) is 3.06. The van der Waals surface area contributed by atoms with Gasteiger partial charge in [-0.3, -0.25) is 9.59 Å². The number of nitrogens with one attached hydrogen (secondary N) is 1. The van der Waals surface area contributed by atoms with Crippen molar-refractivity contribution in [3.63, 3.8) is 0 Å². The second kappa shape index (κ2) is 6.12. The van der Waals surface area contributed by atoms with E-state index in [1.807, 2.05) is 37.3 Å². The highest BCUT2D eigenvalue weighted by molar-refractivity contribution is 6.00. The van der Waals surface area contributed by atoms with Crippen LogP contribution in [0.4, 0.5) is 0 Å². The standard InChI is InChI=1S/C17H22N2O2/c1-4-6-12-19-14(5-2)15(20)18-17(3,16(19)21)13-10-8-7-9-11-13/h4,7-11,14H,1,5-6,12H2,2-3H3,(H,18,20). The van der Waals surface area contributed by atoms with E-state index in [0.29, 0.717) is 19.4 Å². The molecule has 0 aromatic heterocycles. The van der Waals surface area contributed by atoms with Gasteiger partial charge in [-0.1, -0.05) is 43.3 Å². The number of piperazine rings is 1. The Morgan fingerprint density at radius 2 is 2.00 bits per heavy atom. The van der Waals surface area contributed by atoms with Gasteiger partial charge < -0.3 is 10.2 Å². The molecule has 1 aromatic rings. The smallest absolute Gasteiger partial charge is 0.253 e. The van der Waals surface area contributed by atoms with Gasteiger partial charge >= 0.3 is 0 Å². The van der Waals surface area contributed by atoms with Gasteiger partial charge in [0.2, 0.25) is 5.91 Å². The molecule has 0 aliphatic carbocycles. The highest BCUT2D eigenvalue weighted by atomic mass is 16.2. The van der Waals surface area contributed by atoms with E-state index in [1.165, 1.54) is 0 Å². The van der Waals surface area contributed by atoms with Crippen LogP contribution in [0.2, 0.25) is 0 Å². The van der Waals surface area contributed by atoms with Gasteiger partial charge in [0.05, 0.1) is 0 Å². The molecule has 2 unspecified atom stereocenters. The van der Waals surface area contributed by atoms with Crippen molar-refractivity contribution < 1.29 is 9.59 Å². The molecule has 4 heteroatoms. The van der Waals surface area contributed by atoms with Gasteiger partial charge in [0, 0.05) is 6.54 Å². The summed E-state index contributed by atoms with van der Waals surface area (Å²) in [6, 6.07) is 8.99. The van der Waals surface area contributed by atoms with Crippen LogP contribution in [-0.4, -0.2) is 29.3 Å². The van der Waals surface area contributed by atoms with Crippen molar-refractivity contribution in [1.82, 2.24) is 10.2 Å². The predicted octanol–water partition coefficient (Wildman–Crippen LogP) is 2.21. The average molecular weight is 286 g/mol. The van der Waals surface area contributed by atoms with Crippen LogP contribution in [0.15, 0.2) is 43.0 Å². The van der Waals surface area contributed by atoms with Crippen molar-refractivity contribution in [3.8, 4) is 0 Å². The van der Waals surface area contributed by atoms with Crippen molar-refractivity contribution in [2.45, 2.75) is 38.3 Å². The fourth-order valence-electron chi connectivity index (χ4n) is 2.81. The number of hydrogen-bond acceptors (Lipinski definition) is 2. The lowest BCUT2D eigenvalue weighted by molar-refractivity contribution is -0.154. The number of amides is 2. The van der Waals surface area contributed by atoms with Crippen molar-refractivity contribution >= 4 is 11.8 Å². The van der Waals surface area contributed by atoms with Gasteiger partial charge in [0.25, 0.3) is 5.91 Å². The van der Waals surface area contributed by atoms with Crippen LogP contribution in [0.25, 0.3) is 0 Å². The Labute approximate surface area is 125 Å². The molecule has 0 saturated carbocycles. The van der Waals surface area contributed by atoms with Gasteiger partial charge in [-0.2, -0.15) is 0 Å². The van der Waals surface area contributed by atoms with Crippen molar-refractivity contribution in [1.29, 1.82) is 0 Å². The summed E-state index contributed by atoms with van der Waals surface area (Å²) in [6.45, 7) is 7.91. The van der Waals surface area contributed by atoms with Gasteiger partial charge in [0.15, 0.2) is 0 Å². The quantitative estimate of drug-likeness (QED) is 0.844. The van der Waals surface area contributed by atoms with Crippen LogP contribution >= 0.6 is 0 Å². The Morgan fingerprint density at radius 1 is 1.33 bits per heavy atom. The number of carbonyl (C=O) groups is 2. The summed E-state index contributed by atoms with van der Waals surface area (Å²) in [5, 5.41) is 2.91. The van der Waals surface area contributed by atoms with Crippen molar-refractivity contribution in [3.05, 3.63) is 48.6 Å². The number of benzene rings is 1. The molecule has 1 aliphatic heterocycles. The molecule has 0 bridgehead atoms. The topological polar surface area (TPSA) is 49.4 Å². The number of hydrogen-bond donors (Lipinski definition) is 1. The molecule has 112 valence electrons. The van der Waals surface area contributed by atoms with Gasteiger partial charge in [-0.25, -0.2) is 0 Å². The van der Waals surface area contributed by atoms with Crippen molar-refractivity contribution in [2.24, 2.45) is 0 Å². The molecular formula is C17H22N2O2. The fraction of sp³-hybridized carbons (Fsp3) is 0.412. The van der Waals surface area contributed by atoms with Crippen molar-refractivity contribution in [2.75, 3.05) is 6.54 Å². The molecule has 1 aromatic carbocycles.